The Morgan fingerprint density at radius 2 is 0.713 bits per heavy atom. The number of ether oxygens (including phenoxy) is 2. The van der Waals surface area contributed by atoms with E-state index in [1.807, 2.05) is 0 Å². The SMILES string of the molecule is CCCCCCCCCCCCCCC/C=C\C/C=C\CCCCCCCCCCCCCCCCCCC(O)C(=O)NC(COC1OC(CO)C(O)C(O)C1O)C(O)C(O)CCC/C=C/CCCCCCCCCCCCCCCCCCCCC. The van der Waals surface area contributed by atoms with Crippen molar-refractivity contribution in [2.45, 2.75) is 428 Å². The molecule has 9 unspecified atom stereocenters. The van der Waals surface area contributed by atoms with E-state index in [4.69, 9.17) is 9.47 Å². The molecule has 1 heterocycles. The molecule has 0 spiro atoms. The van der Waals surface area contributed by atoms with Crippen molar-refractivity contribution in [3.8, 4) is 0 Å². The molecule has 1 fully saturated rings. The number of aliphatic hydroxyl groups excluding tert-OH is 7. The van der Waals surface area contributed by atoms with Gasteiger partial charge in [0.15, 0.2) is 6.29 Å². The van der Waals surface area contributed by atoms with E-state index < -0.39 is 74.2 Å². The smallest absolute Gasteiger partial charge is 0.249 e. The van der Waals surface area contributed by atoms with E-state index in [-0.39, 0.29) is 12.8 Å². The van der Waals surface area contributed by atoms with Crippen molar-refractivity contribution >= 4 is 5.91 Å². The molecule has 0 radical (unpaired) electrons. The van der Waals surface area contributed by atoms with Gasteiger partial charge in [0.05, 0.1) is 25.4 Å². The highest BCUT2D eigenvalue weighted by Crippen LogP contribution is 2.24. The van der Waals surface area contributed by atoms with E-state index in [9.17, 15) is 40.5 Å². The lowest BCUT2D eigenvalue weighted by molar-refractivity contribution is -0.303. The zero-order chi connectivity index (χ0) is 63.1. The maximum absolute atomic E-state index is 13.3. The first-order valence-corrected chi connectivity index (χ1v) is 37.9. The predicted molar refractivity (Wildman–Crippen MR) is 367 cm³/mol. The number of hydrogen-bond acceptors (Lipinski definition) is 10. The lowest BCUT2D eigenvalue weighted by Gasteiger charge is -2.40. The van der Waals surface area contributed by atoms with Crippen molar-refractivity contribution in [1.29, 1.82) is 0 Å². The molecule has 1 aliphatic rings. The molecule has 0 saturated carbocycles. The van der Waals surface area contributed by atoms with Crippen LogP contribution in [0.15, 0.2) is 36.5 Å². The number of allylic oxidation sites excluding steroid dienone is 6. The summed E-state index contributed by atoms with van der Waals surface area (Å²) in [6, 6.07) is -1.19. The van der Waals surface area contributed by atoms with Crippen LogP contribution in [0.3, 0.4) is 0 Å². The zero-order valence-electron chi connectivity index (χ0n) is 57.0. The number of hydrogen-bond donors (Lipinski definition) is 8. The molecule has 0 aliphatic carbocycles. The third-order valence-electron chi connectivity index (χ3n) is 18.4. The number of nitrogens with one attached hydrogen (secondary N) is 1. The van der Waals surface area contributed by atoms with Crippen LogP contribution in [-0.4, -0.2) is 110 Å². The first-order chi connectivity index (χ1) is 42.7. The Kier molecular flexibility index (Phi) is 61.7. The second-order valence-electron chi connectivity index (χ2n) is 26.7. The van der Waals surface area contributed by atoms with Gasteiger partial charge in [-0.15, -0.1) is 0 Å². The maximum atomic E-state index is 13.3. The Hall–Kier alpha value is -1.67. The summed E-state index contributed by atoms with van der Waals surface area (Å²) in [6.07, 6.45) is 72.5. The second-order valence-corrected chi connectivity index (χ2v) is 26.7. The second kappa shape index (κ2) is 64.4. The predicted octanol–water partition coefficient (Wildman–Crippen LogP) is 18.9. The quantitative estimate of drug-likeness (QED) is 0.0215. The fourth-order valence-electron chi connectivity index (χ4n) is 12.4. The van der Waals surface area contributed by atoms with Crippen LogP contribution < -0.4 is 5.32 Å². The number of unbranched alkanes of at least 4 members (excludes halogenated alkanes) is 49. The number of rotatable bonds is 67. The Labute approximate surface area is 537 Å². The summed E-state index contributed by atoms with van der Waals surface area (Å²) in [5, 5.41) is 76.6. The lowest BCUT2D eigenvalue weighted by Crippen LogP contribution is -2.60. The van der Waals surface area contributed by atoms with Gasteiger partial charge in [-0.2, -0.15) is 0 Å². The van der Waals surface area contributed by atoms with E-state index in [1.54, 1.807) is 0 Å². The standard InChI is InChI=1S/C76H145NO10/c1-3-5-7-9-11-13-15-17-19-21-23-25-27-29-30-31-32-33-34-35-36-37-38-39-40-42-44-46-48-50-52-54-56-58-60-62-64-69(80)75(85)77-67(66-86-76-74(84)73(83)72(82)70(65-78)87-76)71(81)68(79)63-61-59-57-55-53-51-49-47-45-43-41-28-26-24-22-20-18-16-14-12-10-8-6-4-2/h30-31,33-34,55,57,67-74,76,78-84H,3-29,32,35-54,56,58-66H2,1-2H3,(H,77,85)/b31-30-,34-33-,57-55+. The van der Waals surface area contributed by atoms with Crippen LogP contribution in [-0.2, 0) is 14.3 Å². The minimum absolute atomic E-state index is 0.256. The van der Waals surface area contributed by atoms with Gasteiger partial charge in [0.2, 0.25) is 5.91 Å². The molecule has 9 atom stereocenters. The Bertz CT molecular complexity index is 1510. The average molecular weight is 1230 g/mol. The minimum atomic E-state index is -1.67. The van der Waals surface area contributed by atoms with Gasteiger partial charge < -0.3 is 50.5 Å². The molecule has 8 N–H and O–H groups in total. The van der Waals surface area contributed by atoms with Crippen LogP contribution >= 0.6 is 0 Å². The molecule has 1 amide bonds. The molecule has 0 aromatic rings. The van der Waals surface area contributed by atoms with Crippen LogP contribution in [0.4, 0.5) is 0 Å². The van der Waals surface area contributed by atoms with Crippen molar-refractivity contribution in [2.24, 2.45) is 0 Å². The van der Waals surface area contributed by atoms with Crippen LogP contribution in [0.5, 0.6) is 0 Å². The van der Waals surface area contributed by atoms with Crippen LogP contribution in [0.2, 0.25) is 0 Å². The van der Waals surface area contributed by atoms with Gasteiger partial charge >= 0.3 is 0 Å². The van der Waals surface area contributed by atoms with Gasteiger partial charge in [-0.1, -0.05) is 339 Å². The fraction of sp³-hybridized carbons (Fsp3) is 0.908. The van der Waals surface area contributed by atoms with Crippen molar-refractivity contribution in [2.75, 3.05) is 13.2 Å². The Morgan fingerprint density at radius 1 is 0.402 bits per heavy atom. The largest absolute Gasteiger partial charge is 0.394 e. The first-order valence-electron chi connectivity index (χ1n) is 37.9. The third kappa shape index (κ3) is 51.5. The lowest BCUT2D eigenvalue weighted by atomic mass is 9.98. The normalized spacial score (nSPS) is 18.8. The van der Waals surface area contributed by atoms with Crippen molar-refractivity contribution in [3.63, 3.8) is 0 Å². The Balaban J connectivity index is 2.16. The van der Waals surface area contributed by atoms with E-state index in [0.717, 1.165) is 44.9 Å². The fourth-order valence-corrected chi connectivity index (χ4v) is 12.4. The molecule has 514 valence electrons. The number of amides is 1. The van der Waals surface area contributed by atoms with E-state index in [0.29, 0.717) is 12.8 Å². The Morgan fingerprint density at radius 3 is 1.06 bits per heavy atom. The summed E-state index contributed by atoms with van der Waals surface area (Å²) in [5.41, 5.74) is 0. The molecule has 11 heteroatoms. The summed E-state index contributed by atoms with van der Waals surface area (Å²) in [4.78, 5) is 13.3. The topological polar surface area (TPSA) is 189 Å². The summed E-state index contributed by atoms with van der Waals surface area (Å²) in [5.74, 6) is -0.700. The average Bonchev–Trinajstić information content (AvgIpc) is 1.97. The van der Waals surface area contributed by atoms with Crippen LogP contribution in [0.25, 0.3) is 0 Å². The number of carbonyl (C=O) groups is 1. The summed E-state index contributed by atoms with van der Waals surface area (Å²) < 4.78 is 11.2. The molecule has 1 aliphatic heterocycles. The highest BCUT2D eigenvalue weighted by Gasteiger charge is 2.44. The van der Waals surface area contributed by atoms with Gasteiger partial charge in [0.25, 0.3) is 0 Å². The van der Waals surface area contributed by atoms with Gasteiger partial charge in [-0.05, 0) is 70.6 Å². The van der Waals surface area contributed by atoms with Gasteiger partial charge in [0.1, 0.15) is 36.6 Å². The van der Waals surface area contributed by atoms with Crippen molar-refractivity contribution < 1.29 is 50.0 Å². The molecule has 0 bridgehead atoms. The van der Waals surface area contributed by atoms with E-state index in [2.05, 4.69) is 55.6 Å². The molecular weight excluding hydrogens is 1090 g/mol. The summed E-state index contributed by atoms with van der Waals surface area (Å²) in [7, 11) is 0. The van der Waals surface area contributed by atoms with Crippen molar-refractivity contribution in [3.05, 3.63) is 36.5 Å². The highest BCUT2D eigenvalue weighted by molar-refractivity contribution is 5.80. The molecule has 1 rings (SSSR count). The highest BCUT2D eigenvalue weighted by atomic mass is 16.7. The molecular formula is C76H145NO10. The molecule has 87 heavy (non-hydrogen) atoms. The van der Waals surface area contributed by atoms with E-state index >= 15 is 0 Å². The van der Waals surface area contributed by atoms with Crippen LogP contribution in [0.1, 0.15) is 373 Å². The number of carbonyl (C=O) groups excluding carboxylic acids is 1. The number of aliphatic hydroxyl groups is 7. The van der Waals surface area contributed by atoms with Crippen molar-refractivity contribution in [1.82, 2.24) is 5.32 Å². The van der Waals surface area contributed by atoms with Crippen LogP contribution in [0, 0.1) is 0 Å². The molecule has 0 aromatic carbocycles. The monoisotopic (exact) mass is 1230 g/mol. The zero-order valence-corrected chi connectivity index (χ0v) is 57.0. The molecule has 1 saturated heterocycles. The third-order valence-corrected chi connectivity index (χ3v) is 18.4. The van der Waals surface area contributed by atoms with Gasteiger partial charge in [0, 0.05) is 0 Å². The molecule has 11 nitrogen and oxygen atoms in total. The summed E-state index contributed by atoms with van der Waals surface area (Å²) >= 11 is 0. The maximum Gasteiger partial charge on any atom is 0.249 e. The summed E-state index contributed by atoms with van der Waals surface area (Å²) in [6.45, 7) is 3.50. The minimum Gasteiger partial charge on any atom is -0.394 e. The first kappa shape index (κ1) is 83.3. The van der Waals surface area contributed by atoms with E-state index in [1.165, 1.54) is 289 Å². The van der Waals surface area contributed by atoms with Gasteiger partial charge in [-0.25, -0.2) is 0 Å². The molecule has 0 aromatic heterocycles. The van der Waals surface area contributed by atoms with Gasteiger partial charge in [-0.3, -0.25) is 4.79 Å².